The van der Waals surface area contributed by atoms with Crippen LogP contribution in [0.25, 0.3) is 22.8 Å². The summed E-state index contributed by atoms with van der Waals surface area (Å²) in [4.78, 5) is 80.8. The Bertz CT molecular complexity index is 5310. The van der Waals surface area contributed by atoms with Crippen molar-refractivity contribution in [2.24, 2.45) is 0 Å². The predicted octanol–water partition coefficient (Wildman–Crippen LogP) is 18.4. The largest absolute Gasteiger partial charge is 0.416 e. The molecule has 588 valence electrons. The maximum atomic E-state index is 13.5. The standard InChI is InChI=1S/C31H28F3N5O3S.C30H24F3N5O3S.C21H18F3IN2O2/c1-30(41,22-9-5-10-23(15-22)31(32,33)34)29-38-26(17-39(29)13-6-14-42-18-21-7-3-2-4-8-21)25-12-11-24(16-35-25)37-28(40)27-19-43-20-36-27;31-30(32,33)22-9-4-8-21(14-22)27(39)28-37-25(16-38(28)12-5-13-41-17-20-6-2-1-3-7-20)24-11-10-23(15-34-24)36-29(40)26-18-42-19-35-26;22-21(23,24)17-9-4-8-16(12-17)19(28)20-26-18(25)13-27(20)10-5-11-29-14-15-6-2-1-3-7-15/h2-5,7-12,15-17,19-20,41H,6,13-14,18H2,1H3,(H,37,40);1-4,6-11,14-16,18-19H,5,12-13,17H2,(H,36,40);1-4,6-9,12-13H,5,10-11,14H2. The Hall–Kier alpha value is -11.3. The zero-order chi connectivity index (χ0) is 80.8. The van der Waals surface area contributed by atoms with Gasteiger partial charge in [-0.2, -0.15) is 39.5 Å². The van der Waals surface area contributed by atoms with Crippen LogP contribution in [0.3, 0.4) is 0 Å². The van der Waals surface area contributed by atoms with Gasteiger partial charge < -0.3 is 43.7 Å². The summed E-state index contributed by atoms with van der Waals surface area (Å²) in [6, 6.07) is 49.0. The lowest BCUT2D eigenvalue weighted by atomic mass is 9.93. The monoisotopic (exact) mass is 1710 g/mol. The normalized spacial score (nSPS) is 12.1. The lowest BCUT2D eigenvalue weighted by Crippen LogP contribution is -2.28. The fourth-order valence-electron chi connectivity index (χ4n) is 11.4. The highest BCUT2D eigenvalue weighted by molar-refractivity contribution is 14.1. The van der Waals surface area contributed by atoms with Crippen molar-refractivity contribution >= 4 is 80.0 Å². The number of anilines is 2. The molecule has 0 aliphatic heterocycles. The number of pyridine rings is 2. The molecule has 114 heavy (non-hydrogen) atoms. The Morgan fingerprint density at radius 2 is 0.825 bits per heavy atom. The molecule has 0 aliphatic carbocycles. The number of carbonyl (C=O) groups excluding carboxylic acids is 4. The quantitative estimate of drug-likeness (QED) is 0.0164. The number of rotatable bonds is 30. The maximum absolute atomic E-state index is 13.5. The molecular weight excluding hydrogens is 1640 g/mol. The number of nitrogens with one attached hydrogen (secondary N) is 2. The highest BCUT2D eigenvalue weighted by Gasteiger charge is 2.37. The molecule has 0 aliphatic rings. The molecule has 3 N–H and O–H groups in total. The van der Waals surface area contributed by atoms with E-state index in [1.165, 1.54) is 78.4 Å². The van der Waals surface area contributed by atoms with Crippen molar-refractivity contribution in [3.05, 3.63) is 323 Å². The Morgan fingerprint density at radius 1 is 0.439 bits per heavy atom. The van der Waals surface area contributed by atoms with Gasteiger partial charge in [0, 0.05) is 79.9 Å². The minimum absolute atomic E-state index is 0.0184. The number of aryl methyl sites for hydroxylation is 3. The molecule has 0 saturated heterocycles. The lowest BCUT2D eigenvalue weighted by molar-refractivity contribution is -0.138. The molecule has 0 fully saturated rings. The fraction of sp³-hybridized carbons (Fsp3) is 0.207. The van der Waals surface area contributed by atoms with Gasteiger partial charge in [0.1, 0.15) is 37.9 Å². The number of carbonyl (C=O) groups is 4. The van der Waals surface area contributed by atoms with Crippen LogP contribution in [-0.4, -0.2) is 96.9 Å². The molecule has 6 aromatic carbocycles. The smallest absolute Gasteiger partial charge is 0.377 e. The van der Waals surface area contributed by atoms with Crippen LogP contribution < -0.4 is 10.6 Å². The summed E-state index contributed by atoms with van der Waals surface area (Å²) in [5, 5.41) is 20.3. The van der Waals surface area contributed by atoms with Crippen LogP contribution in [0.5, 0.6) is 0 Å². The fourth-order valence-corrected chi connectivity index (χ4v) is 13.0. The van der Waals surface area contributed by atoms with Gasteiger partial charge in [0.05, 0.1) is 82.7 Å². The SMILES string of the molecule is CC(O)(c1cccc(C(F)(F)F)c1)c1nc(-c2ccc(NC(=O)c3cscn3)cn2)cn1CCCOCc1ccccc1.O=C(Nc1ccc(-c2cn(CCCOCc3ccccc3)c(C(=O)c3cccc(C(F)(F)F)c3)n2)nc1)c1cscn1.O=C(c1cccc(C(F)(F)F)c1)c1nc(I)cn1CCCOCc1ccccc1. The second-order valence-corrected chi connectivity index (χ2v) is 28.1. The van der Waals surface area contributed by atoms with Gasteiger partial charge in [0.25, 0.3) is 11.8 Å². The molecule has 2 amide bonds. The van der Waals surface area contributed by atoms with Crippen molar-refractivity contribution < 1.29 is 78.0 Å². The van der Waals surface area contributed by atoms with E-state index >= 15 is 0 Å². The first-order valence-electron chi connectivity index (χ1n) is 35.1. The molecule has 0 saturated carbocycles. The summed E-state index contributed by atoms with van der Waals surface area (Å²) in [6.45, 7) is 5.29. The third kappa shape index (κ3) is 23.4. The van der Waals surface area contributed by atoms with Crippen LogP contribution in [0.15, 0.2) is 241 Å². The van der Waals surface area contributed by atoms with Crippen molar-refractivity contribution in [1.29, 1.82) is 0 Å². The van der Waals surface area contributed by atoms with Gasteiger partial charge in [-0.25, -0.2) is 24.9 Å². The first kappa shape index (κ1) is 83.7. The van der Waals surface area contributed by atoms with Crippen LogP contribution in [0.1, 0.15) is 124 Å². The highest BCUT2D eigenvalue weighted by Crippen LogP contribution is 2.37. The van der Waals surface area contributed by atoms with Crippen molar-refractivity contribution in [2.45, 2.75) is 89.8 Å². The summed E-state index contributed by atoms with van der Waals surface area (Å²) in [7, 11) is 0. The summed E-state index contributed by atoms with van der Waals surface area (Å²) < 4.78 is 142. The molecular formula is C82H70F9IN12O8S2. The lowest BCUT2D eigenvalue weighted by Gasteiger charge is -2.25. The Morgan fingerprint density at radius 3 is 1.24 bits per heavy atom. The molecule has 7 aromatic heterocycles. The van der Waals surface area contributed by atoms with Gasteiger partial charge in [0.15, 0.2) is 11.6 Å². The molecule has 32 heteroatoms. The van der Waals surface area contributed by atoms with Gasteiger partial charge in [-0.1, -0.05) is 127 Å². The number of aliphatic hydroxyl groups is 1. The topological polar surface area (TPSA) is 245 Å². The average molecular weight is 1710 g/mol. The van der Waals surface area contributed by atoms with E-state index in [1.54, 1.807) is 78.3 Å². The van der Waals surface area contributed by atoms with E-state index in [0.717, 1.165) is 53.1 Å². The zero-order valence-electron chi connectivity index (χ0n) is 60.5. The van der Waals surface area contributed by atoms with Crippen molar-refractivity contribution in [1.82, 2.24) is 48.6 Å². The van der Waals surface area contributed by atoms with Crippen LogP contribution in [0.4, 0.5) is 50.9 Å². The summed E-state index contributed by atoms with van der Waals surface area (Å²) in [5.74, 6) is -1.67. The van der Waals surface area contributed by atoms with E-state index in [9.17, 15) is 63.8 Å². The van der Waals surface area contributed by atoms with Crippen LogP contribution in [0, 0.1) is 3.70 Å². The van der Waals surface area contributed by atoms with Crippen LogP contribution in [-0.2, 0) is 77.8 Å². The number of hydrogen-bond acceptors (Lipinski definition) is 17. The Kier molecular flexibility index (Phi) is 28.6. The molecule has 13 aromatic rings. The number of hydrogen-bond donors (Lipinski definition) is 3. The number of benzene rings is 6. The molecule has 1 atom stereocenters. The van der Waals surface area contributed by atoms with E-state index in [1.807, 2.05) is 114 Å². The number of alkyl halides is 9. The van der Waals surface area contributed by atoms with Crippen molar-refractivity contribution in [3.63, 3.8) is 0 Å². The number of ketones is 2. The third-order valence-electron chi connectivity index (χ3n) is 17.1. The van der Waals surface area contributed by atoms with E-state index < -0.39 is 52.4 Å². The zero-order valence-corrected chi connectivity index (χ0v) is 64.2. The predicted molar refractivity (Wildman–Crippen MR) is 418 cm³/mol. The van der Waals surface area contributed by atoms with Gasteiger partial charge in [0.2, 0.25) is 11.6 Å². The Balaban J connectivity index is 0.000000172. The van der Waals surface area contributed by atoms with Gasteiger partial charge in [-0.15, -0.1) is 22.7 Å². The number of aromatic nitrogens is 10. The molecule has 13 rings (SSSR count). The van der Waals surface area contributed by atoms with Gasteiger partial charge in [-0.3, -0.25) is 29.1 Å². The summed E-state index contributed by atoms with van der Waals surface area (Å²) in [6.07, 6.45) is -3.97. The first-order valence-corrected chi connectivity index (χ1v) is 38.1. The minimum atomic E-state index is -4.59. The molecule has 1 unspecified atom stereocenters. The first-order chi connectivity index (χ1) is 54.7. The number of ether oxygens (including phenoxy) is 3. The number of amides is 2. The molecule has 20 nitrogen and oxygen atoms in total. The van der Waals surface area contributed by atoms with E-state index in [0.29, 0.717) is 122 Å². The van der Waals surface area contributed by atoms with Crippen LogP contribution in [0.2, 0.25) is 0 Å². The number of halogens is 10. The van der Waals surface area contributed by atoms with Gasteiger partial charge >= 0.3 is 18.5 Å². The number of thiazole rings is 2. The average Bonchev–Trinajstić information content (AvgIpc) is 1.57. The van der Waals surface area contributed by atoms with E-state index in [-0.39, 0.29) is 51.7 Å². The van der Waals surface area contributed by atoms with Gasteiger partial charge in [-0.05, 0) is 132 Å². The Labute approximate surface area is 668 Å². The van der Waals surface area contributed by atoms with E-state index in [4.69, 9.17) is 14.2 Å². The molecule has 0 radical (unpaired) electrons. The maximum Gasteiger partial charge on any atom is 0.416 e. The van der Waals surface area contributed by atoms with Crippen molar-refractivity contribution in [2.75, 3.05) is 30.5 Å². The molecule has 0 spiro atoms. The molecule has 7 heterocycles. The number of nitrogens with zero attached hydrogens (tertiary/aromatic N) is 10. The highest BCUT2D eigenvalue weighted by atomic mass is 127. The number of imidazole rings is 3. The van der Waals surface area contributed by atoms with E-state index in [2.05, 4.69) is 45.5 Å². The minimum Gasteiger partial charge on any atom is -0.377 e. The molecule has 0 bridgehead atoms. The van der Waals surface area contributed by atoms with Crippen molar-refractivity contribution in [3.8, 4) is 22.8 Å². The summed E-state index contributed by atoms with van der Waals surface area (Å²) in [5.41, 5.74) is 4.74. The van der Waals surface area contributed by atoms with Crippen LogP contribution >= 0.6 is 45.3 Å². The second-order valence-electron chi connectivity index (χ2n) is 25.5. The summed E-state index contributed by atoms with van der Waals surface area (Å²) >= 11 is 4.59. The third-order valence-corrected chi connectivity index (χ3v) is 18.8. The second kappa shape index (κ2) is 39.0.